The molecule has 11 heteroatoms. The van der Waals surface area contributed by atoms with Crippen molar-refractivity contribution >= 4 is 39.2 Å². The molecule has 0 aliphatic carbocycles. The number of likely N-dealkylation sites (N-methyl/N-ethyl adjacent to an activating group) is 1. The van der Waals surface area contributed by atoms with E-state index in [9.17, 15) is 0 Å². The summed E-state index contributed by atoms with van der Waals surface area (Å²) in [7, 11) is 2.05. The van der Waals surface area contributed by atoms with Crippen LogP contribution in [0.15, 0.2) is 24.4 Å². The SMILES string of the molecule is Cc1ccc2cn[nH]c2c1-c1c(Cl)cc2c(N3CCNC(C)C3)nc(OCC3CN(C)CCO3)nc2c1F. The quantitative estimate of drug-likeness (QED) is 0.396. The Labute approximate surface area is 225 Å². The molecule has 2 aromatic heterocycles. The van der Waals surface area contributed by atoms with Crippen LogP contribution < -0.4 is 15.0 Å². The second-order valence-electron chi connectivity index (χ2n) is 10.2. The predicted octanol–water partition coefficient (Wildman–Crippen LogP) is 3.78. The molecular weight excluding hydrogens is 509 g/mol. The summed E-state index contributed by atoms with van der Waals surface area (Å²) in [5, 5.41) is 12.3. The van der Waals surface area contributed by atoms with Gasteiger partial charge in [-0.3, -0.25) is 5.10 Å². The van der Waals surface area contributed by atoms with Gasteiger partial charge in [0.05, 0.1) is 23.3 Å². The molecule has 4 aromatic rings. The minimum Gasteiger partial charge on any atom is -0.461 e. The number of rotatable bonds is 5. The van der Waals surface area contributed by atoms with Gasteiger partial charge in [0.25, 0.3) is 0 Å². The van der Waals surface area contributed by atoms with Gasteiger partial charge in [0.2, 0.25) is 0 Å². The number of hydrogen-bond acceptors (Lipinski definition) is 8. The second-order valence-corrected chi connectivity index (χ2v) is 10.6. The highest BCUT2D eigenvalue weighted by molar-refractivity contribution is 6.35. The van der Waals surface area contributed by atoms with Crippen molar-refractivity contribution in [3.8, 4) is 17.1 Å². The van der Waals surface area contributed by atoms with Crippen LogP contribution in [0.5, 0.6) is 6.01 Å². The number of ether oxygens (including phenoxy) is 2. The Balaban J connectivity index is 1.49. The van der Waals surface area contributed by atoms with Crippen LogP contribution in [0.4, 0.5) is 10.2 Å². The van der Waals surface area contributed by atoms with Gasteiger partial charge in [-0.25, -0.2) is 4.39 Å². The highest BCUT2D eigenvalue weighted by Crippen LogP contribution is 2.42. The molecule has 2 atom stereocenters. The summed E-state index contributed by atoms with van der Waals surface area (Å²) < 4.78 is 28.4. The topological polar surface area (TPSA) is 91.4 Å². The highest BCUT2D eigenvalue weighted by atomic mass is 35.5. The van der Waals surface area contributed by atoms with Gasteiger partial charge in [0, 0.05) is 60.7 Å². The third-order valence-corrected chi connectivity index (χ3v) is 7.62. The Morgan fingerprint density at radius 3 is 2.89 bits per heavy atom. The van der Waals surface area contributed by atoms with E-state index in [4.69, 9.17) is 26.1 Å². The first-order valence-electron chi connectivity index (χ1n) is 12.9. The summed E-state index contributed by atoms with van der Waals surface area (Å²) in [4.78, 5) is 13.7. The van der Waals surface area contributed by atoms with Crippen LogP contribution in [0.3, 0.4) is 0 Å². The minimum atomic E-state index is -0.511. The molecule has 0 saturated carbocycles. The standard InChI is InChI=1S/C27H31ClFN7O2/c1-15-4-5-17-11-31-34-24(17)21(15)22-20(28)10-19-25(23(22)29)32-27(38-14-18-13-35(3)8-9-37-18)33-26(19)36-7-6-30-16(2)12-36/h4-5,10-11,16,18,30H,6-9,12-14H2,1-3H3,(H,31,34). The largest absolute Gasteiger partial charge is 0.461 e. The van der Waals surface area contributed by atoms with Crippen LogP contribution in [-0.2, 0) is 4.74 Å². The van der Waals surface area contributed by atoms with Crippen molar-refractivity contribution in [3.05, 3.63) is 40.8 Å². The number of halogens is 2. The average molecular weight is 540 g/mol. The van der Waals surface area contributed by atoms with Gasteiger partial charge in [0.1, 0.15) is 24.0 Å². The number of aryl methyl sites for hydroxylation is 1. The molecule has 2 aromatic carbocycles. The molecule has 2 aliphatic rings. The number of benzene rings is 2. The van der Waals surface area contributed by atoms with Crippen molar-refractivity contribution < 1.29 is 13.9 Å². The Hall–Kier alpha value is -3.05. The number of aromatic nitrogens is 4. The smallest absolute Gasteiger partial charge is 0.319 e. The molecule has 4 heterocycles. The van der Waals surface area contributed by atoms with Crippen LogP contribution in [0.25, 0.3) is 32.9 Å². The summed E-state index contributed by atoms with van der Waals surface area (Å²) in [6, 6.07) is 6.04. The minimum absolute atomic E-state index is 0.109. The first kappa shape index (κ1) is 25.2. The highest BCUT2D eigenvalue weighted by Gasteiger charge is 2.27. The Bertz CT molecular complexity index is 1500. The zero-order chi connectivity index (χ0) is 26.4. The molecule has 200 valence electrons. The van der Waals surface area contributed by atoms with Crippen LogP contribution >= 0.6 is 11.6 Å². The van der Waals surface area contributed by atoms with Gasteiger partial charge in [-0.1, -0.05) is 23.7 Å². The predicted molar refractivity (Wildman–Crippen MR) is 147 cm³/mol. The van der Waals surface area contributed by atoms with E-state index in [2.05, 4.69) is 44.3 Å². The molecule has 2 saturated heterocycles. The van der Waals surface area contributed by atoms with E-state index in [1.165, 1.54) is 0 Å². The van der Waals surface area contributed by atoms with E-state index in [0.29, 0.717) is 28.4 Å². The van der Waals surface area contributed by atoms with Crippen molar-refractivity contribution in [1.29, 1.82) is 0 Å². The number of aromatic amines is 1. The zero-order valence-electron chi connectivity index (χ0n) is 21.7. The van der Waals surface area contributed by atoms with Gasteiger partial charge in [-0.05, 0) is 32.5 Å². The number of piperazine rings is 1. The lowest BCUT2D eigenvalue weighted by Gasteiger charge is -2.33. The number of fused-ring (bicyclic) bond motifs is 2. The maximum Gasteiger partial charge on any atom is 0.319 e. The van der Waals surface area contributed by atoms with Crippen molar-refractivity contribution in [2.24, 2.45) is 0 Å². The Kier molecular flexibility index (Phi) is 6.81. The fourth-order valence-corrected chi connectivity index (χ4v) is 5.68. The lowest BCUT2D eigenvalue weighted by Crippen LogP contribution is -2.49. The van der Waals surface area contributed by atoms with Crippen molar-refractivity contribution in [1.82, 2.24) is 30.4 Å². The summed E-state index contributed by atoms with van der Waals surface area (Å²) >= 11 is 6.82. The van der Waals surface area contributed by atoms with E-state index in [1.807, 2.05) is 19.1 Å². The summed E-state index contributed by atoms with van der Waals surface area (Å²) in [6.07, 6.45) is 1.61. The lowest BCUT2D eigenvalue weighted by atomic mass is 9.96. The molecule has 0 bridgehead atoms. The molecule has 6 rings (SSSR count). The molecule has 0 spiro atoms. The summed E-state index contributed by atoms with van der Waals surface area (Å²) in [5.41, 5.74) is 2.73. The number of nitrogens with one attached hydrogen (secondary N) is 2. The van der Waals surface area contributed by atoms with Crippen LogP contribution in [0.2, 0.25) is 5.02 Å². The Morgan fingerprint density at radius 1 is 1.21 bits per heavy atom. The number of anilines is 1. The molecule has 0 radical (unpaired) electrons. The number of nitrogens with zero attached hydrogens (tertiary/aromatic N) is 5. The Morgan fingerprint density at radius 2 is 2.08 bits per heavy atom. The third kappa shape index (κ3) is 4.66. The van der Waals surface area contributed by atoms with Crippen molar-refractivity contribution in [2.75, 3.05) is 57.9 Å². The fourth-order valence-electron chi connectivity index (χ4n) is 5.39. The van der Waals surface area contributed by atoms with E-state index in [1.54, 1.807) is 12.3 Å². The van der Waals surface area contributed by atoms with Gasteiger partial charge in [0.15, 0.2) is 5.82 Å². The number of hydrogen-bond donors (Lipinski definition) is 2. The molecule has 2 unspecified atom stereocenters. The normalized spacial score (nSPS) is 20.9. The fraction of sp³-hybridized carbons (Fsp3) is 0.444. The molecular formula is C27H31ClFN7O2. The van der Waals surface area contributed by atoms with E-state index in [0.717, 1.165) is 49.2 Å². The first-order valence-corrected chi connectivity index (χ1v) is 13.3. The average Bonchev–Trinajstić information content (AvgIpc) is 3.38. The molecule has 2 aliphatic heterocycles. The maximum absolute atomic E-state index is 16.6. The summed E-state index contributed by atoms with van der Waals surface area (Å²) in [6.45, 7) is 8.82. The van der Waals surface area contributed by atoms with Crippen molar-refractivity contribution in [3.63, 3.8) is 0 Å². The lowest BCUT2D eigenvalue weighted by molar-refractivity contribution is -0.0416. The van der Waals surface area contributed by atoms with Gasteiger partial charge >= 0.3 is 6.01 Å². The first-order chi connectivity index (χ1) is 18.4. The molecule has 9 nitrogen and oxygen atoms in total. The van der Waals surface area contributed by atoms with Crippen LogP contribution in [0, 0.1) is 12.7 Å². The molecule has 2 fully saturated rings. The van der Waals surface area contributed by atoms with Gasteiger partial charge in [-0.2, -0.15) is 15.1 Å². The summed E-state index contributed by atoms with van der Waals surface area (Å²) in [5.74, 6) is 0.104. The second kappa shape index (κ2) is 10.3. The third-order valence-electron chi connectivity index (χ3n) is 7.33. The molecule has 38 heavy (non-hydrogen) atoms. The van der Waals surface area contributed by atoms with E-state index in [-0.39, 0.29) is 35.8 Å². The van der Waals surface area contributed by atoms with Crippen LogP contribution in [0.1, 0.15) is 12.5 Å². The monoisotopic (exact) mass is 539 g/mol. The number of H-pyrrole nitrogens is 1. The zero-order valence-corrected chi connectivity index (χ0v) is 22.5. The molecule has 0 amide bonds. The maximum atomic E-state index is 16.6. The number of morpholine rings is 1. The van der Waals surface area contributed by atoms with E-state index < -0.39 is 5.82 Å². The van der Waals surface area contributed by atoms with Gasteiger partial charge in [-0.15, -0.1) is 0 Å². The van der Waals surface area contributed by atoms with E-state index >= 15 is 4.39 Å². The van der Waals surface area contributed by atoms with Gasteiger partial charge < -0.3 is 24.6 Å². The van der Waals surface area contributed by atoms with Crippen LogP contribution in [-0.4, -0.2) is 90.2 Å². The van der Waals surface area contributed by atoms with Crippen molar-refractivity contribution in [2.45, 2.75) is 26.0 Å². The molecule has 2 N–H and O–H groups in total.